The molecule has 0 aromatic carbocycles. The van der Waals surface area contributed by atoms with Gasteiger partial charge in [0, 0.05) is 19.9 Å². The average molecular weight is 191 g/mol. The summed E-state index contributed by atoms with van der Waals surface area (Å²) < 4.78 is 5.08. The fourth-order valence-electron chi connectivity index (χ4n) is 0.974. The van der Waals surface area contributed by atoms with E-state index in [-0.39, 0.29) is 6.10 Å². The third-order valence-electron chi connectivity index (χ3n) is 1.90. The van der Waals surface area contributed by atoms with E-state index in [0.29, 0.717) is 12.2 Å². The molecule has 1 rings (SSSR count). The number of nitrogens with one attached hydrogen (secondary N) is 1. The van der Waals surface area contributed by atoms with Gasteiger partial charge in [-0.25, -0.2) is 4.98 Å². The van der Waals surface area contributed by atoms with Crippen molar-refractivity contribution in [1.82, 2.24) is 4.98 Å². The number of ether oxygens (including phenoxy) is 1. The summed E-state index contributed by atoms with van der Waals surface area (Å²) in [6.45, 7) is 2.62. The Morgan fingerprint density at radius 3 is 3.14 bits per heavy atom. The molecule has 0 amide bonds. The summed E-state index contributed by atoms with van der Waals surface area (Å²) in [5.41, 5.74) is 1.16. The van der Waals surface area contributed by atoms with Crippen LogP contribution in [0.2, 0.25) is 0 Å². The molecule has 0 aliphatic heterocycles. The maximum Gasteiger partial charge on any atom is 0.163 e. The molecule has 0 saturated carbocycles. The molecule has 1 unspecified atom stereocenters. The Balaban J connectivity index is 2.63. The summed E-state index contributed by atoms with van der Waals surface area (Å²) in [7, 11) is 1.65. The van der Waals surface area contributed by atoms with Gasteiger partial charge in [0.15, 0.2) is 5.69 Å². The van der Waals surface area contributed by atoms with Crippen molar-refractivity contribution >= 4 is 5.69 Å². The zero-order valence-electron chi connectivity index (χ0n) is 8.32. The Labute approximate surface area is 83.5 Å². The predicted octanol–water partition coefficient (Wildman–Crippen LogP) is 1.40. The van der Waals surface area contributed by atoms with Gasteiger partial charge in [0.1, 0.15) is 6.07 Å². The van der Waals surface area contributed by atoms with Crippen molar-refractivity contribution in [2.75, 3.05) is 19.0 Å². The van der Waals surface area contributed by atoms with Crippen LogP contribution in [-0.2, 0) is 4.74 Å². The van der Waals surface area contributed by atoms with Gasteiger partial charge in [-0.2, -0.15) is 5.26 Å². The molecule has 74 valence electrons. The lowest BCUT2D eigenvalue weighted by Crippen LogP contribution is -2.18. The lowest BCUT2D eigenvalue weighted by atomic mass is 10.3. The fourth-order valence-corrected chi connectivity index (χ4v) is 0.974. The Kier molecular flexibility index (Phi) is 3.89. The maximum absolute atomic E-state index is 8.76. The maximum atomic E-state index is 8.76. The van der Waals surface area contributed by atoms with E-state index in [2.05, 4.69) is 10.3 Å². The molecule has 1 atom stereocenters. The van der Waals surface area contributed by atoms with Crippen LogP contribution in [0.1, 0.15) is 12.6 Å². The zero-order valence-corrected chi connectivity index (χ0v) is 8.32. The molecular formula is C10H13N3O. The molecule has 1 aromatic rings. The van der Waals surface area contributed by atoms with Crippen molar-refractivity contribution in [2.24, 2.45) is 0 Å². The second-order valence-corrected chi connectivity index (χ2v) is 2.94. The Bertz CT molecular complexity index is 332. The zero-order chi connectivity index (χ0) is 10.4. The van der Waals surface area contributed by atoms with E-state index in [9.17, 15) is 0 Å². The van der Waals surface area contributed by atoms with E-state index in [1.165, 1.54) is 0 Å². The molecule has 1 heterocycles. The molecule has 0 radical (unpaired) electrons. The lowest BCUT2D eigenvalue weighted by Gasteiger charge is -2.11. The van der Waals surface area contributed by atoms with Gasteiger partial charge in [-0.1, -0.05) is 0 Å². The monoisotopic (exact) mass is 191 g/mol. The summed E-state index contributed by atoms with van der Waals surface area (Å²) in [5, 5.41) is 11.9. The molecule has 0 bridgehead atoms. The number of hydrogen-bond acceptors (Lipinski definition) is 4. The van der Waals surface area contributed by atoms with Crippen molar-refractivity contribution < 1.29 is 4.74 Å². The van der Waals surface area contributed by atoms with Gasteiger partial charge in [0.05, 0.1) is 11.8 Å². The molecule has 1 N–H and O–H groups in total. The number of rotatable bonds is 4. The molecule has 0 aliphatic rings. The van der Waals surface area contributed by atoms with E-state index >= 15 is 0 Å². The second-order valence-electron chi connectivity index (χ2n) is 2.94. The molecule has 0 saturated heterocycles. The number of anilines is 1. The highest BCUT2D eigenvalue weighted by molar-refractivity contribution is 5.53. The lowest BCUT2D eigenvalue weighted by molar-refractivity contribution is 0.129. The Morgan fingerprint density at radius 2 is 2.50 bits per heavy atom. The minimum absolute atomic E-state index is 0.113. The first-order valence-corrected chi connectivity index (χ1v) is 4.39. The molecule has 1 aromatic heterocycles. The topological polar surface area (TPSA) is 57.9 Å². The van der Waals surface area contributed by atoms with E-state index in [1.54, 1.807) is 19.4 Å². The van der Waals surface area contributed by atoms with Crippen molar-refractivity contribution in [3.8, 4) is 6.07 Å². The first-order valence-electron chi connectivity index (χ1n) is 4.39. The van der Waals surface area contributed by atoms with Crippen LogP contribution >= 0.6 is 0 Å². The summed E-state index contributed by atoms with van der Waals surface area (Å²) >= 11 is 0. The summed E-state index contributed by atoms with van der Waals surface area (Å²) in [6, 6.07) is 5.64. The van der Waals surface area contributed by atoms with Gasteiger partial charge in [-0.05, 0) is 19.1 Å². The van der Waals surface area contributed by atoms with Gasteiger partial charge in [0.2, 0.25) is 0 Å². The molecular weight excluding hydrogens is 178 g/mol. The quantitative estimate of drug-likeness (QED) is 0.781. The summed E-state index contributed by atoms with van der Waals surface area (Å²) in [5.74, 6) is 0. The minimum atomic E-state index is 0.113. The standard InChI is InChI=1S/C10H13N3O/c1-8(14-2)7-13-9-4-3-5-12-10(9)6-11/h3-5,8,13H,7H2,1-2H3. The number of nitrogens with zero attached hydrogens (tertiary/aromatic N) is 2. The Hall–Kier alpha value is -1.60. The number of nitriles is 1. The first kappa shape index (κ1) is 10.5. The first-order chi connectivity index (χ1) is 6.77. The van der Waals surface area contributed by atoms with Gasteiger partial charge < -0.3 is 10.1 Å². The van der Waals surface area contributed by atoms with Crippen molar-refractivity contribution in [2.45, 2.75) is 13.0 Å². The Morgan fingerprint density at radius 1 is 1.71 bits per heavy atom. The summed E-state index contributed by atoms with van der Waals surface area (Å²) in [4.78, 5) is 3.94. The third kappa shape index (κ3) is 2.71. The van der Waals surface area contributed by atoms with E-state index in [0.717, 1.165) is 5.69 Å². The van der Waals surface area contributed by atoms with Crippen LogP contribution in [0.4, 0.5) is 5.69 Å². The number of hydrogen-bond donors (Lipinski definition) is 1. The smallest absolute Gasteiger partial charge is 0.163 e. The van der Waals surface area contributed by atoms with Crippen LogP contribution in [0.3, 0.4) is 0 Å². The highest BCUT2D eigenvalue weighted by Gasteiger charge is 2.03. The van der Waals surface area contributed by atoms with Crippen molar-refractivity contribution in [1.29, 1.82) is 5.26 Å². The highest BCUT2D eigenvalue weighted by Crippen LogP contribution is 2.10. The summed E-state index contributed by atoms with van der Waals surface area (Å²) in [6.07, 6.45) is 1.71. The van der Waals surface area contributed by atoms with Gasteiger partial charge in [0.25, 0.3) is 0 Å². The molecule has 14 heavy (non-hydrogen) atoms. The molecule has 0 aliphatic carbocycles. The molecule has 0 spiro atoms. The molecule has 4 heteroatoms. The van der Waals surface area contributed by atoms with Crippen molar-refractivity contribution in [3.63, 3.8) is 0 Å². The highest BCUT2D eigenvalue weighted by atomic mass is 16.5. The molecule has 0 fully saturated rings. The fraction of sp³-hybridized carbons (Fsp3) is 0.400. The number of aromatic nitrogens is 1. The van der Waals surface area contributed by atoms with Crippen LogP contribution in [0, 0.1) is 11.3 Å². The van der Waals surface area contributed by atoms with Crippen LogP contribution in [-0.4, -0.2) is 24.7 Å². The second kappa shape index (κ2) is 5.20. The number of pyridine rings is 1. The average Bonchev–Trinajstić information content (AvgIpc) is 2.26. The van der Waals surface area contributed by atoms with Crippen LogP contribution in [0.5, 0.6) is 0 Å². The largest absolute Gasteiger partial charge is 0.380 e. The van der Waals surface area contributed by atoms with Gasteiger partial charge in [-0.15, -0.1) is 0 Å². The SMILES string of the molecule is COC(C)CNc1cccnc1C#N. The predicted molar refractivity (Wildman–Crippen MR) is 53.9 cm³/mol. The number of methoxy groups -OCH3 is 1. The van der Waals surface area contributed by atoms with Gasteiger partial charge in [-0.3, -0.25) is 0 Å². The minimum Gasteiger partial charge on any atom is -0.380 e. The van der Waals surface area contributed by atoms with Crippen LogP contribution < -0.4 is 5.32 Å². The van der Waals surface area contributed by atoms with E-state index in [4.69, 9.17) is 10.00 Å². The van der Waals surface area contributed by atoms with E-state index in [1.807, 2.05) is 19.1 Å². The van der Waals surface area contributed by atoms with E-state index < -0.39 is 0 Å². The normalized spacial score (nSPS) is 11.8. The third-order valence-corrected chi connectivity index (χ3v) is 1.90. The van der Waals surface area contributed by atoms with Gasteiger partial charge >= 0.3 is 0 Å². The van der Waals surface area contributed by atoms with Crippen LogP contribution in [0.25, 0.3) is 0 Å². The van der Waals surface area contributed by atoms with Crippen LogP contribution in [0.15, 0.2) is 18.3 Å². The van der Waals surface area contributed by atoms with Crippen molar-refractivity contribution in [3.05, 3.63) is 24.0 Å². The molecule has 4 nitrogen and oxygen atoms in total.